The molecule has 3 N–H and O–H groups in total. The van der Waals surface area contributed by atoms with Crippen LogP contribution < -0.4 is 15.8 Å². The van der Waals surface area contributed by atoms with E-state index < -0.39 is 6.04 Å². The van der Waals surface area contributed by atoms with Gasteiger partial charge < -0.3 is 20.5 Å². The molecular formula is C16H26N2O3. The maximum Gasteiger partial charge on any atom is 0.237 e. The van der Waals surface area contributed by atoms with Crippen molar-refractivity contribution < 1.29 is 14.3 Å². The van der Waals surface area contributed by atoms with Gasteiger partial charge in [-0.25, -0.2) is 0 Å². The summed E-state index contributed by atoms with van der Waals surface area (Å²) in [5, 5.41) is 2.85. The summed E-state index contributed by atoms with van der Waals surface area (Å²) >= 11 is 0. The van der Waals surface area contributed by atoms with Crippen LogP contribution in [0.3, 0.4) is 0 Å². The van der Waals surface area contributed by atoms with Crippen molar-refractivity contribution in [2.24, 2.45) is 11.7 Å². The van der Waals surface area contributed by atoms with Gasteiger partial charge in [0.2, 0.25) is 5.91 Å². The second-order valence-corrected chi connectivity index (χ2v) is 5.44. The molecular weight excluding hydrogens is 268 g/mol. The Balaban J connectivity index is 2.36. The molecule has 0 radical (unpaired) electrons. The molecule has 0 bridgehead atoms. The van der Waals surface area contributed by atoms with E-state index in [4.69, 9.17) is 15.2 Å². The Morgan fingerprint density at radius 3 is 2.48 bits per heavy atom. The maximum atomic E-state index is 11.8. The lowest BCUT2D eigenvalue weighted by molar-refractivity contribution is -0.122. The third-order valence-electron chi connectivity index (χ3n) is 3.01. The first-order valence-electron chi connectivity index (χ1n) is 7.27. The number of hydrogen-bond acceptors (Lipinski definition) is 4. The smallest absolute Gasteiger partial charge is 0.237 e. The van der Waals surface area contributed by atoms with Gasteiger partial charge in [0.25, 0.3) is 0 Å². The van der Waals surface area contributed by atoms with E-state index in [9.17, 15) is 4.79 Å². The van der Waals surface area contributed by atoms with Gasteiger partial charge in [0.15, 0.2) is 0 Å². The van der Waals surface area contributed by atoms with Gasteiger partial charge in [-0.05, 0) is 30.0 Å². The number of carbonyl (C=O) groups excluding carboxylic acids is 1. The number of nitrogens with two attached hydrogens (primary N) is 1. The Labute approximate surface area is 126 Å². The van der Waals surface area contributed by atoms with E-state index in [1.807, 2.05) is 24.3 Å². The molecule has 0 fully saturated rings. The highest BCUT2D eigenvalue weighted by atomic mass is 16.5. The van der Waals surface area contributed by atoms with E-state index in [0.29, 0.717) is 32.1 Å². The molecule has 0 aliphatic rings. The molecule has 1 atom stereocenters. The van der Waals surface area contributed by atoms with E-state index in [-0.39, 0.29) is 5.91 Å². The van der Waals surface area contributed by atoms with Crippen LogP contribution in [0.25, 0.3) is 0 Å². The standard InChI is InChI=1S/C16H26N2O3/c1-12(2)10-15(17)16(19)18-11-13-4-6-14(7-5-13)21-9-8-20-3/h4-7,12,15H,8-11,17H2,1-3H3,(H,18,19)/t15-/m0/s1. The van der Waals surface area contributed by atoms with Crippen LogP contribution in [0.5, 0.6) is 5.75 Å². The summed E-state index contributed by atoms with van der Waals surface area (Å²) in [5.41, 5.74) is 6.84. The first-order chi connectivity index (χ1) is 10.0. The van der Waals surface area contributed by atoms with E-state index >= 15 is 0 Å². The second-order valence-electron chi connectivity index (χ2n) is 5.44. The van der Waals surface area contributed by atoms with Crippen molar-refractivity contribution in [1.29, 1.82) is 0 Å². The van der Waals surface area contributed by atoms with Crippen LogP contribution in [0, 0.1) is 5.92 Å². The molecule has 0 spiro atoms. The minimum absolute atomic E-state index is 0.107. The Hall–Kier alpha value is -1.59. The fraction of sp³-hybridized carbons (Fsp3) is 0.562. The Kier molecular flexibility index (Phi) is 7.79. The maximum absolute atomic E-state index is 11.8. The quantitative estimate of drug-likeness (QED) is 0.680. The number of ether oxygens (including phenoxy) is 2. The Morgan fingerprint density at radius 1 is 1.24 bits per heavy atom. The zero-order chi connectivity index (χ0) is 15.7. The van der Waals surface area contributed by atoms with Gasteiger partial charge >= 0.3 is 0 Å². The summed E-state index contributed by atoms with van der Waals surface area (Å²) in [6.07, 6.45) is 0.693. The first kappa shape index (κ1) is 17.5. The van der Waals surface area contributed by atoms with Crippen LogP contribution in [-0.2, 0) is 16.1 Å². The molecule has 0 unspecified atom stereocenters. The summed E-state index contributed by atoms with van der Waals surface area (Å²) in [6.45, 7) is 5.66. The summed E-state index contributed by atoms with van der Waals surface area (Å²) in [6, 6.07) is 7.17. The highest BCUT2D eigenvalue weighted by molar-refractivity contribution is 5.81. The largest absolute Gasteiger partial charge is 0.491 e. The Bertz CT molecular complexity index is 418. The third-order valence-corrected chi connectivity index (χ3v) is 3.01. The third kappa shape index (κ3) is 7.11. The van der Waals surface area contributed by atoms with E-state index in [0.717, 1.165) is 11.3 Å². The van der Waals surface area contributed by atoms with Crippen LogP contribution in [0.1, 0.15) is 25.8 Å². The fourth-order valence-electron chi connectivity index (χ4n) is 1.88. The van der Waals surface area contributed by atoms with E-state index in [2.05, 4.69) is 19.2 Å². The number of hydrogen-bond donors (Lipinski definition) is 2. The average Bonchev–Trinajstić information content (AvgIpc) is 2.45. The monoisotopic (exact) mass is 294 g/mol. The molecule has 0 aromatic heterocycles. The number of benzene rings is 1. The van der Waals surface area contributed by atoms with Crippen molar-refractivity contribution >= 4 is 5.91 Å². The molecule has 0 saturated heterocycles. The summed E-state index contributed by atoms with van der Waals surface area (Å²) in [7, 11) is 1.64. The molecule has 0 aliphatic heterocycles. The predicted octanol–water partition coefficient (Wildman–Crippen LogP) is 1.70. The van der Waals surface area contributed by atoms with Crippen LogP contribution in [0.4, 0.5) is 0 Å². The number of amides is 1. The lowest BCUT2D eigenvalue weighted by Crippen LogP contribution is -2.40. The van der Waals surface area contributed by atoms with Crippen molar-refractivity contribution in [3.63, 3.8) is 0 Å². The van der Waals surface area contributed by atoms with Gasteiger partial charge in [0.05, 0.1) is 12.6 Å². The summed E-state index contributed by atoms with van der Waals surface area (Å²) in [4.78, 5) is 11.8. The molecule has 1 amide bonds. The zero-order valence-corrected chi connectivity index (χ0v) is 13.1. The van der Waals surface area contributed by atoms with Gasteiger partial charge in [0.1, 0.15) is 12.4 Å². The highest BCUT2D eigenvalue weighted by Gasteiger charge is 2.14. The summed E-state index contributed by atoms with van der Waals surface area (Å²) in [5.74, 6) is 1.09. The molecule has 0 heterocycles. The van der Waals surface area contributed by atoms with E-state index in [1.54, 1.807) is 7.11 Å². The molecule has 1 rings (SSSR count). The average molecular weight is 294 g/mol. The molecule has 21 heavy (non-hydrogen) atoms. The highest BCUT2D eigenvalue weighted by Crippen LogP contribution is 2.12. The minimum Gasteiger partial charge on any atom is -0.491 e. The molecule has 1 aromatic carbocycles. The number of methoxy groups -OCH3 is 1. The van der Waals surface area contributed by atoms with Crippen molar-refractivity contribution in [2.45, 2.75) is 32.9 Å². The van der Waals surface area contributed by atoms with Gasteiger partial charge in [-0.15, -0.1) is 0 Å². The summed E-state index contributed by atoms with van der Waals surface area (Å²) < 4.78 is 10.4. The Morgan fingerprint density at radius 2 is 1.90 bits per heavy atom. The zero-order valence-electron chi connectivity index (χ0n) is 13.1. The van der Waals surface area contributed by atoms with Gasteiger partial charge in [0, 0.05) is 13.7 Å². The second kappa shape index (κ2) is 9.37. The molecule has 0 aliphatic carbocycles. The van der Waals surface area contributed by atoms with Crippen LogP contribution >= 0.6 is 0 Å². The lowest BCUT2D eigenvalue weighted by atomic mass is 10.0. The predicted molar refractivity (Wildman–Crippen MR) is 83.1 cm³/mol. The van der Waals surface area contributed by atoms with Crippen LogP contribution in [0.15, 0.2) is 24.3 Å². The minimum atomic E-state index is -0.443. The number of carbonyl (C=O) groups is 1. The molecule has 1 aromatic rings. The molecule has 5 heteroatoms. The van der Waals surface area contributed by atoms with Crippen molar-refractivity contribution in [2.75, 3.05) is 20.3 Å². The fourth-order valence-corrected chi connectivity index (χ4v) is 1.88. The van der Waals surface area contributed by atoms with Crippen LogP contribution in [0.2, 0.25) is 0 Å². The van der Waals surface area contributed by atoms with Crippen molar-refractivity contribution in [3.05, 3.63) is 29.8 Å². The van der Waals surface area contributed by atoms with Gasteiger partial charge in [-0.1, -0.05) is 26.0 Å². The lowest BCUT2D eigenvalue weighted by Gasteiger charge is -2.14. The SMILES string of the molecule is COCCOc1ccc(CNC(=O)[C@@H](N)CC(C)C)cc1. The number of nitrogens with one attached hydrogen (secondary N) is 1. The van der Waals surface area contributed by atoms with Crippen LogP contribution in [-0.4, -0.2) is 32.3 Å². The first-order valence-corrected chi connectivity index (χ1v) is 7.27. The number of rotatable bonds is 9. The molecule has 5 nitrogen and oxygen atoms in total. The van der Waals surface area contributed by atoms with Crippen molar-refractivity contribution in [3.8, 4) is 5.75 Å². The topological polar surface area (TPSA) is 73.6 Å². The van der Waals surface area contributed by atoms with E-state index in [1.165, 1.54) is 0 Å². The van der Waals surface area contributed by atoms with Crippen molar-refractivity contribution in [1.82, 2.24) is 5.32 Å². The molecule has 0 saturated carbocycles. The van der Waals surface area contributed by atoms with Gasteiger partial charge in [-0.2, -0.15) is 0 Å². The normalized spacial score (nSPS) is 12.2. The molecule has 118 valence electrons. The van der Waals surface area contributed by atoms with Gasteiger partial charge in [-0.3, -0.25) is 4.79 Å².